The lowest BCUT2D eigenvalue weighted by molar-refractivity contribution is 0.278. The Morgan fingerprint density at radius 1 is 1.25 bits per heavy atom. The van der Waals surface area contributed by atoms with E-state index in [0.29, 0.717) is 26.2 Å². The van der Waals surface area contributed by atoms with Crippen LogP contribution in [-0.2, 0) is 10.2 Å². The quantitative estimate of drug-likeness (QED) is 0.802. The summed E-state index contributed by atoms with van der Waals surface area (Å²) in [6, 6.07) is 7.73. The van der Waals surface area contributed by atoms with Crippen molar-refractivity contribution in [3.05, 3.63) is 29.8 Å². The zero-order valence-electron chi connectivity index (χ0n) is 12.1. The summed E-state index contributed by atoms with van der Waals surface area (Å²) in [4.78, 5) is 0. The van der Waals surface area contributed by atoms with Crippen LogP contribution in [0, 0.1) is 6.92 Å². The minimum atomic E-state index is -3.32. The number of rotatable bonds is 6. The fourth-order valence-electron chi connectivity index (χ4n) is 2.23. The molecule has 20 heavy (non-hydrogen) atoms. The predicted octanol–water partition coefficient (Wildman–Crippen LogP) is 1.65. The first-order valence-electron chi connectivity index (χ1n) is 6.91. The summed E-state index contributed by atoms with van der Waals surface area (Å²) < 4.78 is 33.0. The van der Waals surface area contributed by atoms with Gasteiger partial charge >= 0.3 is 0 Å². The Morgan fingerprint density at radius 3 is 2.55 bits per heavy atom. The topological polar surface area (TPSA) is 49.9 Å². The fourth-order valence-corrected chi connectivity index (χ4v) is 3.65. The minimum Gasteiger partial charge on any atom is -0.492 e. The van der Waals surface area contributed by atoms with Crippen LogP contribution >= 0.6 is 0 Å². The maximum atomic E-state index is 12.2. The van der Waals surface area contributed by atoms with Gasteiger partial charge in [0.05, 0.1) is 0 Å². The third-order valence-corrected chi connectivity index (χ3v) is 5.53. The number of benzene rings is 1. The van der Waals surface area contributed by atoms with Gasteiger partial charge in [0.15, 0.2) is 0 Å². The largest absolute Gasteiger partial charge is 0.492 e. The molecule has 0 amide bonds. The molecule has 0 spiro atoms. The lowest BCUT2D eigenvalue weighted by Crippen LogP contribution is -2.41. The molecule has 5 nitrogen and oxygen atoms in total. The molecule has 112 valence electrons. The molecule has 2 rings (SSSR count). The van der Waals surface area contributed by atoms with Crippen molar-refractivity contribution < 1.29 is 13.2 Å². The van der Waals surface area contributed by atoms with Crippen molar-refractivity contribution >= 4 is 10.2 Å². The highest BCUT2D eigenvalue weighted by Crippen LogP contribution is 2.17. The van der Waals surface area contributed by atoms with Gasteiger partial charge in [-0.3, -0.25) is 0 Å². The van der Waals surface area contributed by atoms with Crippen molar-refractivity contribution in [1.29, 1.82) is 0 Å². The number of hydrogen-bond acceptors (Lipinski definition) is 3. The SMILES string of the molecule is Cc1ccccc1OCCN(C)S(=O)(=O)N1CCCC1. The average Bonchev–Trinajstić information content (AvgIpc) is 2.95. The molecule has 0 N–H and O–H groups in total. The fraction of sp³-hybridized carbons (Fsp3) is 0.571. The number of hydrogen-bond donors (Lipinski definition) is 0. The minimum absolute atomic E-state index is 0.354. The molecule has 0 aliphatic carbocycles. The Kier molecular flexibility index (Phi) is 5.01. The lowest BCUT2D eigenvalue weighted by Gasteiger charge is -2.23. The number of likely N-dealkylation sites (N-methyl/N-ethyl adjacent to an activating group) is 1. The van der Waals surface area contributed by atoms with Crippen LogP contribution in [-0.4, -0.2) is 50.3 Å². The number of nitrogens with zero attached hydrogens (tertiary/aromatic N) is 2. The summed E-state index contributed by atoms with van der Waals surface area (Å²) in [7, 11) is -1.71. The summed E-state index contributed by atoms with van der Waals surface area (Å²) in [6.07, 6.45) is 1.90. The molecule has 0 saturated carbocycles. The van der Waals surface area contributed by atoms with Gasteiger partial charge in [0.25, 0.3) is 10.2 Å². The Bertz CT molecular complexity index is 539. The standard InChI is InChI=1S/C14H22N2O3S/c1-13-7-3-4-8-14(13)19-12-11-15(2)20(17,18)16-9-5-6-10-16/h3-4,7-8H,5-6,9-12H2,1-2H3. The van der Waals surface area contributed by atoms with Gasteiger partial charge in [0.2, 0.25) is 0 Å². The first kappa shape index (κ1) is 15.3. The van der Waals surface area contributed by atoms with Crippen molar-refractivity contribution in [3.63, 3.8) is 0 Å². The summed E-state index contributed by atoms with van der Waals surface area (Å²) in [5.41, 5.74) is 1.05. The van der Waals surface area contributed by atoms with Crippen molar-refractivity contribution in [2.45, 2.75) is 19.8 Å². The molecule has 1 aliphatic rings. The molecule has 1 saturated heterocycles. The van der Waals surface area contributed by atoms with Crippen LogP contribution in [0.1, 0.15) is 18.4 Å². The van der Waals surface area contributed by atoms with Crippen molar-refractivity contribution in [3.8, 4) is 5.75 Å². The Morgan fingerprint density at radius 2 is 1.90 bits per heavy atom. The first-order chi connectivity index (χ1) is 9.51. The molecule has 1 heterocycles. The molecule has 0 atom stereocenters. The zero-order chi connectivity index (χ0) is 14.6. The monoisotopic (exact) mass is 298 g/mol. The molecule has 1 aromatic rings. The van der Waals surface area contributed by atoms with Gasteiger partial charge in [-0.05, 0) is 31.4 Å². The molecule has 1 aromatic carbocycles. The van der Waals surface area contributed by atoms with Crippen LogP contribution in [0.2, 0.25) is 0 Å². The molecule has 1 aliphatic heterocycles. The van der Waals surface area contributed by atoms with Gasteiger partial charge in [-0.25, -0.2) is 0 Å². The van der Waals surface area contributed by atoms with E-state index < -0.39 is 10.2 Å². The van der Waals surface area contributed by atoms with E-state index in [1.54, 1.807) is 11.4 Å². The van der Waals surface area contributed by atoms with Crippen LogP contribution < -0.4 is 4.74 Å². The third-order valence-electron chi connectivity index (χ3n) is 3.54. The van der Waals surface area contributed by atoms with Crippen LogP contribution in [0.15, 0.2) is 24.3 Å². The second-order valence-electron chi connectivity index (χ2n) is 5.05. The summed E-state index contributed by atoms with van der Waals surface area (Å²) >= 11 is 0. The van der Waals surface area contributed by atoms with E-state index in [1.807, 2.05) is 31.2 Å². The molecule has 0 radical (unpaired) electrons. The van der Waals surface area contributed by atoms with E-state index in [4.69, 9.17) is 4.74 Å². The average molecular weight is 298 g/mol. The maximum Gasteiger partial charge on any atom is 0.281 e. The molecule has 1 fully saturated rings. The molecule has 0 aromatic heterocycles. The highest BCUT2D eigenvalue weighted by molar-refractivity contribution is 7.86. The summed E-state index contributed by atoms with van der Waals surface area (Å²) in [6.45, 7) is 3.94. The van der Waals surface area contributed by atoms with Gasteiger partial charge < -0.3 is 4.74 Å². The second kappa shape index (κ2) is 6.56. The van der Waals surface area contributed by atoms with E-state index in [9.17, 15) is 8.42 Å². The molecular formula is C14H22N2O3S. The van der Waals surface area contributed by atoms with Crippen LogP contribution in [0.5, 0.6) is 5.75 Å². The number of aryl methyl sites for hydroxylation is 1. The highest BCUT2D eigenvalue weighted by atomic mass is 32.2. The zero-order valence-corrected chi connectivity index (χ0v) is 12.9. The molecule has 6 heteroatoms. The molecule has 0 bridgehead atoms. The van der Waals surface area contributed by atoms with E-state index in [0.717, 1.165) is 24.2 Å². The lowest BCUT2D eigenvalue weighted by atomic mass is 10.2. The number of para-hydroxylation sites is 1. The van der Waals surface area contributed by atoms with E-state index in [1.165, 1.54) is 4.31 Å². The Hall–Kier alpha value is -1.11. The van der Waals surface area contributed by atoms with Gasteiger partial charge in [0, 0.05) is 26.7 Å². The second-order valence-corrected chi connectivity index (χ2v) is 7.08. The van der Waals surface area contributed by atoms with Crippen molar-refractivity contribution in [2.75, 3.05) is 33.3 Å². The Labute approximate surface area is 121 Å². The van der Waals surface area contributed by atoms with Crippen LogP contribution in [0.4, 0.5) is 0 Å². The van der Waals surface area contributed by atoms with Crippen molar-refractivity contribution in [2.24, 2.45) is 0 Å². The Balaban J connectivity index is 1.86. The van der Waals surface area contributed by atoms with Gasteiger partial charge in [-0.1, -0.05) is 18.2 Å². The summed E-state index contributed by atoms with van der Waals surface area (Å²) in [5, 5.41) is 0. The van der Waals surface area contributed by atoms with E-state index in [-0.39, 0.29) is 0 Å². The van der Waals surface area contributed by atoms with Crippen LogP contribution in [0.25, 0.3) is 0 Å². The van der Waals surface area contributed by atoms with Crippen molar-refractivity contribution in [1.82, 2.24) is 8.61 Å². The van der Waals surface area contributed by atoms with E-state index >= 15 is 0 Å². The first-order valence-corrected chi connectivity index (χ1v) is 8.31. The van der Waals surface area contributed by atoms with Gasteiger partial charge in [-0.15, -0.1) is 0 Å². The smallest absolute Gasteiger partial charge is 0.281 e. The summed E-state index contributed by atoms with van der Waals surface area (Å²) in [5.74, 6) is 0.805. The van der Waals surface area contributed by atoms with Crippen LogP contribution in [0.3, 0.4) is 0 Å². The molecular weight excluding hydrogens is 276 g/mol. The van der Waals surface area contributed by atoms with Gasteiger partial charge in [0.1, 0.15) is 12.4 Å². The van der Waals surface area contributed by atoms with E-state index in [2.05, 4.69) is 0 Å². The van der Waals surface area contributed by atoms with Gasteiger partial charge in [-0.2, -0.15) is 17.0 Å². The molecule has 0 unspecified atom stereocenters. The predicted molar refractivity (Wildman–Crippen MR) is 79.0 cm³/mol. The normalized spacial score (nSPS) is 16.8. The number of ether oxygens (including phenoxy) is 1. The third kappa shape index (κ3) is 3.50. The highest BCUT2D eigenvalue weighted by Gasteiger charge is 2.28. The maximum absolute atomic E-state index is 12.2.